The Balaban J connectivity index is 1.89. The maximum absolute atomic E-state index is 12.5. The Labute approximate surface area is 143 Å². The van der Waals surface area contributed by atoms with Crippen LogP contribution < -0.4 is 4.74 Å². The number of likely N-dealkylation sites (tertiary alicyclic amines) is 1. The molecule has 1 aromatic rings. The molecule has 1 heterocycles. The molecule has 1 amide bonds. The molecular formula is C19H27NO4. The Kier molecular flexibility index (Phi) is 7.09. The number of piperidine rings is 1. The molecule has 24 heavy (non-hydrogen) atoms. The molecule has 0 bridgehead atoms. The summed E-state index contributed by atoms with van der Waals surface area (Å²) in [6.45, 7) is 5.95. The van der Waals surface area contributed by atoms with E-state index in [1.165, 1.54) is 0 Å². The summed E-state index contributed by atoms with van der Waals surface area (Å²) in [5, 5.41) is 0. The molecule has 0 radical (unpaired) electrons. The van der Waals surface area contributed by atoms with Crippen molar-refractivity contribution >= 4 is 11.9 Å². The van der Waals surface area contributed by atoms with Gasteiger partial charge in [0, 0.05) is 19.5 Å². The first kappa shape index (κ1) is 18.3. The van der Waals surface area contributed by atoms with Gasteiger partial charge in [-0.15, -0.1) is 0 Å². The van der Waals surface area contributed by atoms with E-state index in [1.54, 1.807) is 11.8 Å². The van der Waals surface area contributed by atoms with Gasteiger partial charge in [0.25, 0.3) is 0 Å². The molecule has 2 rings (SSSR count). The molecule has 1 saturated heterocycles. The van der Waals surface area contributed by atoms with Crippen LogP contribution in [0.25, 0.3) is 0 Å². The lowest BCUT2D eigenvalue weighted by molar-refractivity contribution is -0.151. The summed E-state index contributed by atoms with van der Waals surface area (Å²) in [5.41, 5.74) is 1.05. The molecule has 0 spiro atoms. The van der Waals surface area contributed by atoms with Gasteiger partial charge < -0.3 is 14.4 Å². The SMILES string of the molecule is CCOC(=O)C1CCCN(C(=O)CCc2ccccc2OCC)C1. The minimum absolute atomic E-state index is 0.0929. The van der Waals surface area contributed by atoms with Crippen molar-refractivity contribution in [2.24, 2.45) is 5.92 Å². The zero-order valence-corrected chi connectivity index (χ0v) is 14.6. The Morgan fingerprint density at radius 1 is 1.21 bits per heavy atom. The van der Waals surface area contributed by atoms with Crippen LogP contribution in [0.3, 0.4) is 0 Å². The predicted octanol–water partition coefficient (Wildman–Crippen LogP) is 2.82. The van der Waals surface area contributed by atoms with Crippen LogP contribution in [0, 0.1) is 5.92 Å². The lowest BCUT2D eigenvalue weighted by atomic mass is 9.97. The number of benzene rings is 1. The highest BCUT2D eigenvalue weighted by Gasteiger charge is 2.29. The van der Waals surface area contributed by atoms with Crippen LogP contribution in [-0.2, 0) is 20.7 Å². The quantitative estimate of drug-likeness (QED) is 0.720. The molecule has 0 saturated carbocycles. The van der Waals surface area contributed by atoms with Crippen molar-refractivity contribution in [2.75, 3.05) is 26.3 Å². The molecule has 1 aliphatic heterocycles. The van der Waals surface area contributed by atoms with E-state index >= 15 is 0 Å². The number of esters is 1. The van der Waals surface area contributed by atoms with Crippen molar-refractivity contribution in [1.82, 2.24) is 4.90 Å². The largest absolute Gasteiger partial charge is 0.494 e. The van der Waals surface area contributed by atoms with E-state index in [2.05, 4.69) is 0 Å². The number of rotatable bonds is 7. The molecule has 1 atom stereocenters. The lowest BCUT2D eigenvalue weighted by Gasteiger charge is -2.31. The van der Waals surface area contributed by atoms with Gasteiger partial charge in [-0.3, -0.25) is 9.59 Å². The molecule has 1 aliphatic rings. The second-order valence-electron chi connectivity index (χ2n) is 5.97. The van der Waals surface area contributed by atoms with Crippen LogP contribution in [0.15, 0.2) is 24.3 Å². The van der Waals surface area contributed by atoms with Crippen molar-refractivity contribution in [1.29, 1.82) is 0 Å². The van der Waals surface area contributed by atoms with E-state index in [0.29, 0.717) is 32.6 Å². The van der Waals surface area contributed by atoms with Gasteiger partial charge in [0.2, 0.25) is 5.91 Å². The lowest BCUT2D eigenvalue weighted by Crippen LogP contribution is -2.42. The van der Waals surface area contributed by atoms with Gasteiger partial charge in [-0.1, -0.05) is 18.2 Å². The third-order valence-corrected chi connectivity index (χ3v) is 4.27. The number of hydrogen-bond donors (Lipinski definition) is 0. The smallest absolute Gasteiger partial charge is 0.310 e. The number of para-hydroxylation sites is 1. The maximum atomic E-state index is 12.5. The number of hydrogen-bond acceptors (Lipinski definition) is 4. The summed E-state index contributed by atoms with van der Waals surface area (Å²) in [4.78, 5) is 26.2. The van der Waals surface area contributed by atoms with Gasteiger partial charge in [-0.2, -0.15) is 0 Å². The summed E-state index contributed by atoms with van der Waals surface area (Å²) in [6, 6.07) is 7.82. The van der Waals surface area contributed by atoms with Gasteiger partial charge >= 0.3 is 5.97 Å². The molecule has 5 nitrogen and oxygen atoms in total. The van der Waals surface area contributed by atoms with E-state index < -0.39 is 0 Å². The fraction of sp³-hybridized carbons (Fsp3) is 0.579. The summed E-state index contributed by atoms with van der Waals surface area (Å²) in [5.74, 6) is 0.571. The number of carbonyl (C=O) groups excluding carboxylic acids is 2. The molecule has 132 valence electrons. The van der Waals surface area contributed by atoms with Crippen molar-refractivity contribution in [3.8, 4) is 5.75 Å². The monoisotopic (exact) mass is 333 g/mol. The number of aryl methyl sites for hydroxylation is 1. The van der Waals surface area contributed by atoms with Crippen LogP contribution >= 0.6 is 0 Å². The third kappa shape index (κ3) is 4.98. The first-order valence-electron chi connectivity index (χ1n) is 8.80. The average Bonchev–Trinajstić information content (AvgIpc) is 2.61. The summed E-state index contributed by atoms with van der Waals surface area (Å²) < 4.78 is 10.7. The second-order valence-corrected chi connectivity index (χ2v) is 5.97. The summed E-state index contributed by atoms with van der Waals surface area (Å²) in [7, 11) is 0. The summed E-state index contributed by atoms with van der Waals surface area (Å²) in [6.07, 6.45) is 2.73. The topological polar surface area (TPSA) is 55.8 Å². The van der Waals surface area contributed by atoms with Crippen LogP contribution in [-0.4, -0.2) is 43.1 Å². The fourth-order valence-corrected chi connectivity index (χ4v) is 3.06. The van der Waals surface area contributed by atoms with Crippen molar-refractivity contribution in [3.05, 3.63) is 29.8 Å². The van der Waals surface area contributed by atoms with Crippen LogP contribution in [0.1, 0.15) is 38.7 Å². The minimum Gasteiger partial charge on any atom is -0.494 e. The van der Waals surface area contributed by atoms with Crippen LogP contribution in [0.4, 0.5) is 0 Å². The Bertz CT molecular complexity index is 558. The van der Waals surface area contributed by atoms with Gasteiger partial charge in [-0.25, -0.2) is 0 Å². The normalized spacial score (nSPS) is 17.4. The van der Waals surface area contributed by atoms with Crippen LogP contribution in [0.2, 0.25) is 0 Å². The number of ether oxygens (including phenoxy) is 2. The number of carbonyl (C=O) groups is 2. The van der Waals surface area contributed by atoms with E-state index in [-0.39, 0.29) is 17.8 Å². The van der Waals surface area contributed by atoms with E-state index in [4.69, 9.17) is 9.47 Å². The Hall–Kier alpha value is -2.04. The van der Waals surface area contributed by atoms with E-state index in [1.807, 2.05) is 31.2 Å². The number of nitrogens with zero attached hydrogens (tertiary/aromatic N) is 1. The average molecular weight is 333 g/mol. The maximum Gasteiger partial charge on any atom is 0.310 e. The molecule has 0 aliphatic carbocycles. The highest BCUT2D eigenvalue weighted by atomic mass is 16.5. The Morgan fingerprint density at radius 2 is 2.00 bits per heavy atom. The van der Waals surface area contributed by atoms with Gasteiger partial charge in [-0.05, 0) is 44.7 Å². The fourth-order valence-electron chi connectivity index (χ4n) is 3.06. The summed E-state index contributed by atoms with van der Waals surface area (Å²) >= 11 is 0. The van der Waals surface area contributed by atoms with Crippen molar-refractivity contribution in [3.63, 3.8) is 0 Å². The molecule has 1 unspecified atom stereocenters. The highest BCUT2D eigenvalue weighted by molar-refractivity contribution is 5.78. The van der Waals surface area contributed by atoms with Crippen molar-refractivity contribution < 1.29 is 19.1 Å². The van der Waals surface area contributed by atoms with E-state index in [9.17, 15) is 9.59 Å². The van der Waals surface area contributed by atoms with Crippen LogP contribution in [0.5, 0.6) is 5.75 Å². The van der Waals surface area contributed by atoms with Gasteiger partial charge in [0.05, 0.1) is 19.1 Å². The molecule has 0 aromatic heterocycles. The predicted molar refractivity (Wildman–Crippen MR) is 91.9 cm³/mol. The highest BCUT2D eigenvalue weighted by Crippen LogP contribution is 2.22. The second kappa shape index (κ2) is 9.30. The minimum atomic E-state index is -0.184. The third-order valence-electron chi connectivity index (χ3n) is 4.27. The van der Waals surface area contributed by atoms with Gasteiger partial charge in [0.1, 0.15) is 5.75 Å². The van der Waals surface area contributed by atoms with Gasteiger partial charge in [0.15, 0.2) is 0 Å². The molecule has 1 fully saturated rings. The Morgan fingerprint density at radius 3 is 2.75 bits per heavy atom. The zero-order chi connectivity index (χ0) is 17.4. The molecule has 0 N–H and O–H groups in total. The first-order valence-corrected chi connectivity index (χ1v) is 8.80. The molecular weight excluding hydrogens is 306 g/mol. The molecule has 1 aromatic carbocycles. The van der Waals surface area contributed by atoms with Crippen molar-refractivity contribution in [2.45, 2.75) is 39.5 Å². The zero-order valence-electron chi connectivity index (χ0n) is 14.6. The van der Waals surface area contributed by atoms with E-state index in [0.717, 1.165) is 30.7 Å². The standard InChI is InChI=1S/C19H27NO4/c1-3-23-17-10-6-5-8-15(17)11-12-18(21)20-13-7-9-16(14-20)19(22)24-4-2/h5-6,8,10,16H,3-4,7,9,11-14H2,1-2H3. The number of amides is 1. The first-order chi connectivity index (χ1) is 11.7. The molecule has 5 heteroatoms.